The number of sulfone groups is 1. The lowest BCUT2D eigenvalue weighted by atomic mass is 10.00. The molecule has 1 aliphatic rings. The van der Waals surface area contributed by atoms with Crippen LogP contribution in [0.1, 0.15) is 24.0 Å². The summed E-state index contributed by atoms with van der Waals surface area (Å²) in [6, 6.07) is 7.60. The van der Waals surface area contributed by atoms with Gasteiger partial charge < -0.3 is 10.2 Å². The highest BCUT2D eigenvalue weighted by atomic mass is 32.2. The Kier molecular flexibility index (Phi) is 3.73. The number of benzene rings is 1. The maximum atomic E-state index is 12.1. The second kappa shape index (κ2) is 4.89. The molecule has 2 atom stereocenters. The first kappa shape index (κ1) is 14.5. The number of aryl methyl sites for hydroxylation is 1. The van der Waals surface area contributed by atoms with Crippen LogP contribution in [0.25, 0.3) is 0 Å². The van der Waals surface area contributed by atoms with E-state index in [4.69, 9.17) is 0 Å². The van der Waals surface area contributed by atoms with Crippen molar-refractivity contribution in [2.75, 3.05) is 19.0 Å². The van der Waals surface area contributed by atoms with Crippen LogP contribution in [0.3, 0.4) is 0 Å². The fourth-order valence-corrected chi connectivity index (χ4v) is 5.04. The normalized spacial score (nSPS) is 25.3. The van der Waals surface area contributed by atoms with Gasteiger partial charge in [0.15, 0.2) is 9.84 Å². The lowest BCUT2D eigenvalue weighted by molar-refractivity contribution is 0.130. The Balaban J connectivity index is 2.42. The molecule has 0 saturated heterocycles. The first-order chi connectivity index (χ1) is 8.93. The summed E-state index contributed by atoms with van der Waals surface area (Å²) < 4.78 is 24.2. The molecule has 2 unspecified atom stereocenters. The molecular formula is C14H20O4S. The van der Waals surface area contributed by atoms with Gasteiger partial charge in [-0.2, -0.15) is 0 Å². The van der Waals surface area contributed by atoms with E-state index in [1.165, 1.54) is 0 Å². The van der Waals surface area contributed by atoms with Gasteiger partial charge in [-0.15, -0.1) is 0 Å². The summed E-state index contributed by atoms with van der Waals surface area (Å²) in [5.41, 5.74) is 1.04. The third-order valence-electron chi connectivity index (χ3n) is 4.19. The van der Waals surface area contributed by atoms with Crippen LogP contribution in [0.2, 0.25) is 0 Å². The fraction of sp³-hybridized carbons (Fsp3) is 0.571. The van der Waals surface area contributed by atoms with Crippen LogP contribution in [0.4, 0.5) is 0 Å². The zero-order valence-electron chi connectivity index (χ0n) is 11.2. The van der Waals surface area contributed by atoms with Crippen molar-refractivity contribution >= 4 is 9.84 Å². The van der Waals surface area contributed by atoms with Gasteiger partial charge in [-0.1, -0.05) is 36.8 Å². The molecule has 1 fully saturated rings. The lowest BCUT2D eigenvalue weighted by Crippen LogP contribution is -2.23. The van der Waals surface area contributed by atoms with Crippen molar-refractivity contribution in [2.45, 2.75) is 25.0 Å². The third-order valence-corrected chi connectivity index (χ3v) is 6.51. The van der Waals surface area contributed by atoms with Gasteiger partial charge in [0.2, 0.25) is 0 Å². The van der Waals surface area contributed by atoms with Crippen molar-refractivity contribution in [3.05, 3.63) is 35.4 Å². The number of hydrogen-bond acceptors (Lipinski definition) is 4. The SMILES string of the molecule is CCS(=O)(=O)C1C(c2ccc(C)cc2)C1(CO)CO. The van der Waals surface area contributed by atoms with Crippen LogP contribution < -0.4 is 0 Å². The first-order valence-electron chi connectivity index (χ1n) is 6.43. The average Bonchev–Trinajstić information content (AvgIpc) is 3.10. The van der Waals surface area contributed by atoms with Gasteiger partial charge in [-0.25, -0.2) is 8.42 Å². The Morgan fingerprint density at radius 3 is 2.11 bits per heavy atom. The van der Waals surface area contributed by atoms with Crippen LogP contribution in [-0.4, -0.2) is 42.8 Å². The Bertz CT molecular complexity index is 543. The molecule has 0 bridgehead atoms. The maximum absolute atomic E-state index is 12.1. The molecule has 0 aliphatic heterocycles. The summed E-state index contributed by atoms with van der Waals surface area (Å²) in [5, 5.41) is 18.4. The third kappa shape index (κ3) is 2.20. The summed E-state index contributed by atoms with van der Waals surface area (Å²) in [5.74, 6) is -0.282. The summed E-state index contributed by atoms with van der Waals surface area (Å²) in [6.07, 6.45) is 0. The van der Waals surface area contributed by atoms with E-state index >= 15 is 0 Å². The molecule has 0 heterocycles. The quantitative estimate of drug-likeness (QED) is 0.841. The van der Waals surface area contributed by atoms with Crippen molar-refractivity contribution in [1.29, 1.82) is 0 Å². The van der Waals surface area contributed by atoms with E-state index in [0.29, 0.717) is 0 Å². The van der Waals surface area contributed by atoms with Crippen molar-refractivity contribution in [1.82, 2.24) is 0 Å². The molecule has 0 radical (unpaired) electrons. The minimum absolute atomic E-state index is 0.0295. The number of hydrogen-bond donors (Lipinski definition) is 2. The molecule has 1 aromatic rings. The molecule has 4 nitrogen and oxygen atoms in total. The second-order valence-electron chi connectivity index (χ2n) is 5.31. The van der Waals surface area contributed by atoms with Crippen molar-refractivity contribution in [2.24, 2.45) is 5.41 Å². The predicted octanol–water partition coefficient (Wildman–Crippen LogP) is 0.867. The Morgan fingerprint density at radius 2 is 1.68 bits per heavy atom. The molecule has 2 rings (SSSR count). The highest BCUT2D eigenvalue weighted by Gasteiger charge is 2.69. The maximum Gasteiger partial charge on any atom is 0.154 e. The highest BCUT2D eigenvalue weighted by Crippen LogP contribution is 2.62. The Morgan fingerprint density at radius 1 is 1.16 bits per heavy atom. The largest absolute Gasteiger partial charge is 0.396 e. The van der Waals surface area contributed by atoms with Gasteiger partial charge in [0.05, 0.1) is 18.5 Å². The molecule has 106 valence electrons. The minimum Gasteiger partial charge on any atom is -0.396 e. The minimum atomic E-state index is -3.28. The van der Waals surface area contributed by atoms with Crippen molar-refractivity contribution in [3.63, 3.8) is 0 Å². The lowest BCUT2D eigenvalue weighted by Gasteiger charge is -2.10. The van der Waals surface area contributed by atoms with Crippen molar-refractivity contribution in [3.8, 4) is 0 Å². The van der Waals surface area contributed by atoms with Gasteiger partial charge in [0.25, 0.3) is 0 Å². The van der Waals surface area contributed by atoms with Crippen LogP contribution in [0.15, 0.2) is 24.3 Å². The molecule has 0 aromatic heterocycles. The van der Waals surface area contributed by atoms with Crippen LogP contribution >= 0.6 is 0 Å². The van der Waals surface area contributed by atoms with E-state index < -0.39 is 20.5 Å². The van der Waals surface area contributed by atoms with Gasteiger partial charge >= 0.3 is 0 Å². The molecule has 5 heteroatoms. The van der Waals surface area contributed by atoms with Gasteiger partial charge in [0, 0.05) is 17.1 Å². The van der Waals surface area contributed by atoms with E-state index in [1.54, 1.807) is 6.92 Å². The molecule has 1 saturated carbocycles. The molecular weight excluding hydrogens is 264 g/mol. The summed E-state index contributed by atoms with van der Waals surface area (Å²) in [4.78, 5) is 0. The standard InChI is InChI=1S/C14H20O4S/c1-3-19(17,18)13-12(14(13,8-15)9-16)11-6-4-10(2)5-7-11/h4-7,12-13,15-16H,3,8-9H2,1-2H3. The smallest absolute Gasteiger partial charge is 0.154 e. The molecule has 1 aromatic carbocycles. The van der Waals surface area contributed by atoms with Gasteiger partial charge in [0.1, 0.15) is 0 Å². The fourth-order valence-electron chi connectivity index (χ4n) is 2.90. The highest BCUT2D eigenvalue weighted by molar-refractivity contribution is 7.92. The number of aliphatic hydroxyl groups excluding tert-OH is 2. The van der Waals surface area contributed by atoms with Gasteiger partial charge in [-0.05, 0) is 12.5 Å². The molecule has 2 N–H and O–H groups in total. The average molecular weight is 284 g/mol. The van der Waals surface area contributed by atoms with Crippen LogP contribution in [-0.2, 0) is 9.84 Å². The summed E-state index contributed by atoms with van der Waals surface area (Å²) in [7, 11) is -3.28. The molecule has 0 amide bonds. The summed E-state index contributed by atoms with van der Waals surface area (Å²) in [6.45, 7) is 2.93. The van der Waals surface area contributed by atoms with Gasteiger partial charge in [-0.3, -0.25) is 0 Å². The molecule has 0 spiro atoms. The number of rotatable bonds is 5. The second-order valence-corrected chi connectivity index (χ2v) is 7.72. The van der Waals surface area contributed by atoms with E-state index in [1.807, 2.05) is 31.2 Å². The van der Waals surface area contributed by atoms with E-state index in [2.05, 4.69) is 0 Å². The zero-order chi connectivity index (χ0) is 14.3. The zero-order valence-corrected chi connectivity index (χ0v) is 12.0. The first-order valence-corrected chi connectivity index (χ1v) is 8.14. The molecule has 1 aliphatic carbocycles. The van der Waals surface area contributed by atoms with Crippen LogP contribution in [0, 0.1) is 12.3 Å². The van der Waals surface area contributed by atoms with E-state index in [9.17, 15) is 18.6 Å². The van der Waals surface area contributed by atoms with Crippen molar-refractivity contribution < 1.29 is 18.6 Å². The molecule has 19 heavy (non-hydrogen) atoms. The topological polar surface area (TPSA) is 74.6 Å². The monoisotopic (exact) mass is 284 g/mol. The summed E-state index contributed by atoms with van der Waals surface area (Å²) >= 11 is 0. The Hall–Kier alpha value is -0.910. The predicted molar refractivity (Wildman–Crippen MR) is 73.8 cm³/mol. The number of aliphatic hydroxyl groups is 2. The van der Waals surface area contributed by atoms with E-state index in [0.717, 1.165) is 11.1 Å². The van der Waals surface area contributed by atoms with E-state index in [-0.39, 0.29) is 24.9 Å². The van der Waals surface area contributed by atoms with Crippen LogP contribution in [0.5, 0.6) is 0 Å². The Labute approximate surface area is 114 Å².